The third kappa shape index (κ3) is 3.73. The lowest BCUT2D eigenvalue weighted by molar-refractivity contribution is -0.156. The van der Waals surface area contributed by atoms with Gasteiger partial charge in [-0.25, -0.2) is 0 Å². The predicted molar refractivity (Wildman–Crippen MR) is 85.8 cm³/mol. The summed E-state index contributed by atoms with van der Waals surface area (Å²) >= 11 is 0. The first-order valence-corrected chi connectivity index (χ1v) is 8.14. The predicted octanol–water partition coefficient (Wildman–Crippen LogP) is -0.191. The third-order valence-electron chi connectivity index (χ3n) is 4.30. The largest absolute Gasteiger partial charge is 0.369 e. The second-order valence-electron chi connectivity index (χ2n) is 6.03. The molecule has 2 N–H and O–H groups in total. The van der Waals surface area contributed by atoms with E-state index < -0.39 is 12.1 Å². The Morgan fingerprint density at radius 2 is 2.08 bits per heavy atom. The monoisotopic (exact) mass is 331 g/mol. The standard InChI is InChI=1S/C17H21N3O4/c21-15-11-24-10-14(20(15)9-12-5-2-1-3-6-12)17(23)19-13-7-4-8-18-16(13)22/h1-3,5-6,13-14H,4,7-11H2,(H,18,22)(H,19,23)/t13-,14+/m1/s1. The summed E-state index contributed by atoms with van der Waals surface area (Å²) in [6, 6.07) is 8.24. The molecule has 0 aromatic heterocycles. The van der Waals surface area contributed by atoms with Gasteiger partial charge in [-0.2, -0.15) is 0 Å². The smallest absolute Gasteiger partial charge is 0.249 e. The van der Waals surface area contributed by atoms with E-state index in [2.05, 4.69) is 10.6 Å². The summed E-state index contributed by atoms with van der Waals surface area (Å²) in [6.45, 7) is 1.09. The lowest BCUT2D eigenvalue weighted by Gasteiger charge is -2.35. The molecule has 2 fully saturated rings. The van der Waals surface area contributed by atoms with Crippen molar-refractivity contribution < 1.29 is 19.1 Å². The Kier molecular flexibility index (Phi) is 5.10. The molecule has 1 aromatic carbocycles. The van der Waals surface area contributed by atoms with Crippen molar-refractivity contribution in [3.8, 4) is 0 Å². The maximum absolute atomic E-state index is 12.6. The van der Waals surface area contributed by atoms with Gasteiger partial charge in [0.25, 0.3) is 0 Å². The van der Waals surface area contributed by atoms with Gasteiger partial charge in [-0.15, -0.1) is 0 Å². The van der Waals surface area contributed by atoms with Crippen LogP contribution in [0.2, 0.25) is 0 Å². The van der Waals surface area contributed by atoms with Gasteiger partial charge in [-0.3, -0.25) is 14.4 Å². The third-order valence-corrected chi connectivity index (χ3v) is 4.30. The molecule has 0 bridgehead atoms. The number of hydrogen-bond acceptors (Lipinski definition) is 4. The number of hydrogen-bond donors (Lipinski definition) is 2. The first-order valence-electron chi connectivity index (χ1n) is 8.14. The van der Waals surface area contributed by atoms with Crippen LogP contribution < -0.4 is 10.6 Å². The Bertz CT molecular complexity index is 620. The van der Waals surface area contributed by atoms with E-state index in [1.54, 1.807) is 0 Å². The maximum Gasteiger partial charge on any atom is 0.249 e. The van der Waals surface area contributed by atoms with Crippen LogP contribution in [0.5, 0.6) is 0 Å². The Labute approximate surface area is 140 Å². The van der Waals surface area contributed by atoms with Crippen LogP contribution in [0.15, 0.2) is 30.3 Å². The topological polar surface area (TPSA) is 87.7 Å². The van der Waals surface area contributed by atoms with Gasteiger partial charge in [-0.05, 0) is 18.4 Å². The minimum atomic E-state index is -0.721. The molecule has 2 saturated heterocycles. The highest BCUT2D eigenvalue weighted by molar-refractivity contribution is 5.93. The number of nitrogens with zero attached hydrogens (tertiary/aromatic N) is 1. The molecule has 7 heteroatoms. The molecule has 1 aromatic rings. The zero-order chi connectivity index (χ0) is 16.9. The summed E-state index contributed by atoms with van der Waals surface area (Å²) in [5, 5.41) is 5.48. The zero-order valence-corrected chi connectivity index (χ0v) is 13.4. The molecule has 0 unspecified atom stereocenters. The molecule has 2 atom stereocenters. The van der Waals surface area contributed by atoms with E-state index in [0.29, 0.717) is 19.5 Å². The van der Waals surface area contributed by atoms with Crippen LogP contribution in [0, 0.1) is 0 Å². The normalized spacial score (nSPS) is 24.4. The minimum absolute atomic E-state index is 0.0273. The van der Waals surface area contributed by atoms with Crippen molar-refractivity contribution in [1.82, 2.24) is 15.5 Å². The van der Waals surface area contributed by atoms with E-state index in [9.17, 15) is 14.4 Å². The molecule has 0 saturated carbocycles. The number of carbonyl (C=O) groups is 3. The number of ether oxygens (including phenoxy) is 1. The van der Waals surface area contributed by atoms with Crippen molar-refractivity contribution >= 4 is 17.7 Å². The maximum atomic E-state index is 12.6. The number of piperidine rings is 1. The van der Waals surface area contributed by atoms with E-state index in [0.717, 1.165) is 12.0 Å². The molecular weight excluding hydrogens is 310 g/mol. The van der Waals surface area contributed by atoms with E-state index in [4.69, 9.17) is 4.74 Å². The number of carbonyl (C=O) groups excluding carboxylic acids is 3. The highest BCUT2D eigenvalue weighted by Crippen LogP contribution is 2.14. The van der Waals surface area contributed by atoms with E-state index in [1.165, 1.54) is 4.90 Å². The minimum Gasteiger partial charge on any atom is -0.369 e. The van der Waals surface area contributed by atoms with Crippen LogP contribution in [-0.2, 0) is 25.7 Å². The molecule has 3 rings (SSSR count). The summed E-state index contributed by atoms with van der Waals surface area (Å²) in [5.41, 5.74) is 0.945. The first-order chi connectivity index (χ1) is 11.6. The fraction of sp³-hybridized carbons (Fsp3) is 0.471. The van der Waals surface area contributed by atoms with Crippen LogP contribution in [0.4, 0.5) is 0 Å². The van der Waals surface area contributed by atoms with Crippen molar-refractivity contribution in [2.24, 2.45) is 0 Å². The van der Waals surface area contributed by atoms with Crippen molar-refractivity contribution in [3.63, 3.8) is 0 Å². The van der Waals surface area contributed by atoms with Crippen LogP contribution >= 0.6 is 0 Å². The molecule has 2 aliphatic heterocycles. The molecule has 7 nitrogen and oxygen atoms in total. The molecule has 128 valence electrons. The summed E-state index contributed by atoms with van der Waals surface area (Å²) in [5.74, 6) is -0.744. The fourth-order valence-electron chi connectivity index (χ4n) is 2.98. The van der Waals surface area contributed by atoms with Gasteiger partial charge >= 0.3 is 0 Å². The van der Waals surface area contributed by atoms with Gasteiger partial charge in [0, 0.05) is 13.1 Å². The first kappa shape index (κ1) is 16.4. The zero-order valence-electron chi connectivity index (χ0n) is 13.4. The number of benzene rings is 1. The van der Waals surface area contributed by atoms with Gasteiger partial charge in [0.2, 0.25) is 17.7 Å². The fourth-order valence-corrected chi connectivity index (χ4v) is 2.98. The Hall–Kier alpha value is -2.41. The van der Waals surface area contributed by atoms with Crippen LogP contribution in [0.25, 0.3) is 0 Å². The van der Waals surface area contributed by atoms with Gasteiger partial charge < -0.3 is 20.3 Å². The Balaban J connectivity index is 1.69. The van der Waals surface area contributed by atoms with Crippen molar-refractivity contribution in [2.45, 2.75) is 31.5 Å². The Morgan fingerprint density at radius 3 is 2.83 bits per heavy atom. The molecular formula is C17H21N3O4. The molecule has 0 aliphatic carbocycles. The molecule has 0 radical (unpaired) electrons. The molecule has 2 heterocycles. The van der Waals surface area contributed by atoms with Gasteiger partial charge in [0.15, 0.2) is 0 Å². The highest BCUT2D eigenvalue weighted by atomic mass is 16.5. The van der Waals surface area contributed by atoms with Gasteiger partial charge in [0.1, 0.15) is 18.7 Å². The van der Waals surface area contributed by atoms with E-state index in [1.807, 2.05) is 30.3 Å². The van der Waals surface area contributed by atoms with E-state index >= 15 is 0 Å². The van der Waals surface area contributed by atoms with Crippen molar-refractivity contribution in [3.05, 3.63) is 35.9 Å². The highest BCUT2D eigenvalue weighted by Gasteiger charge is 2.36. The summed E-state index contributed by atoms with van der Waals surface area (Å²) in [4.78, 5) is 38.1. The SMILES string of the molecule is O=C1NCCC[C@H]1NC(=O)[C@@H]1COCC(=O)N1Cc1ccccc1. The summed E-state index contributed by atoms with van der Waals surface area (Å²) in [7, 11) is 0. The average molecular weight is 331 g/mol. The van der Waals surface area contributed by atoms with E-state index in [-0.39, 0.29) is 30.9 Å². The second kappa shape index (κ2) is 7.44. The summed E-state index contributed by atoms with van der Waals surface area (Å²) in [6.07, 6.45) is 1.43. The molecule has 2 aliphatic rings. The molecule has 24 heavy (non-hydrogen) atoms. The molecule has 3 amide bonds. The average Bonchev–Trinajstić information content (AvgIpc) is 2.59. The quantitative estimate of drug-likeness (QED) is 0.800. The summed E-state index contributed by atoms with van der Waals surface area (Å²) < 4.78 is 5.25. The lowest BCUT2D eigenvalue weighted by atomic mass is 10.1. The van der Waals surface area contributed by atoms with Crippen LogP contribution in [-0.4, -0.2) is 54.5 Å². The Morgan fingerprint density at radius 1 is 1.29 bits per heavy atom. The van der Waals surface area contributed by atoms with Gasteiger partial charge in [-0.1, -0.05) is 30.3 Å². The number of nitrogens with one attached hydrogen (secondary N) is 2. The number of amides is 3. The molecule has 0 spiro atoms. The van der Waals surface area contributed by atoms with Crippen molar-refractivity contribution in [2.75, 3.05) is 19.8 Å². The van der Waals surface area contributed by atoms with Crippen LogP contribution in [0.1, 0.15) is 18.4 Å². The lowest BCUT2D eigenvalue weighted by Crippen LogP contribution is -2.59. The van der Waals surface area contributed by atoms with Gasteiger partial charge in [0.05, 0.1) is 6.61 Å². The second-order valence-corrected chi connectivity index (χ2v) is 6.03. The van der Waals surface area contributed by atoms with Crippen molar-refractivity contribution in [1.29, 1.82) is 0 Å². The van der Waals surface area contributed by atoms with Crippen LogP contribution in [0.3, 0.4) is 0 Å². The number of rotatable bonds is 4. The number of morpholine rings is 1.